The molecule has 0 fully saturated rings. The van der Waals surface area contributed by atoms with Crippen molar-refractivity contribution in [2.75, 3.05) is 0 Å². The van der Waals surface area contributed by atoms with E-state index in [4.69, 9.17) is 4.42 Å². The second-order valence-electron chi connectivity index (χ2n) is 5.84. The molecule has 116 valence electrons. The standard InChI is InChI=1S/C22H17NO/c1-16-7-9-17(10-8-16)11-14-22-23-20-15-19(12-13-21(20)24-22)18-5-3-2-4-6-18/h2-15H,1H3. The van der Waals surface area contributed by atoms with Crippen LogP contribution in [0.25, 0.3) is 34.4 Å². The first kappa shape index (κ1) is 14.5. The molecule has 0 saturated carbocycles. The van der Waals surface area contributed by atoms with E-state index in [0.717, 1.165) is 22.2 Å². The third-order valence-electron chi connectivity index (χ3n) is 4.01. The van der Waals surface area contributed by atoms with Gasteiger partial charge in [0.05, 0.1) is 0 Å². The van der Waals surface area contributed by atoms with Gasteiger partial charge >= 0.3 is 0 Å². The summed E-state index contributed by atoms with van der Waals surface area (Å²) in [6.07, 6.45) is 3.93. The monoisotopic (exact) mass is 311 g/mol. The van der Waals surface area contributed by atoms with Gasteiger partial charge in [0.2, 0.25) is 5.89 Å². The van der Waals surface area contributed by atoms with Gasteiger partial charge in [-0.2, -0.15) is 0 Å². The predicted octanol–water partition coefficient (Wildman–Crippen LogP) is 5.97. The molecule has 0 atom stereocenters. The Kier molecular flexibility index (Phi) is 3.72. The third kappa shape index (κ3) is 2.99. The second kappa shape index (κ2) is 6.17. The van der Waals surface area contributed by atoms with Crippen LogP contribution >= 0.6 is 0 Å². The van der Waals surface area contributed by atoms with E-state index in [9.17, 15) is 0 Å². The number of aromatic nitrogens is 1. The molecule has 0 N–H and O–H groups in total. The summed E-state index contributed by atoms with van der Waals surface area (Å²) < 4.78 is 5.81. The van der Waals surface area contributed by atoms with Crippen LogP contribution in [0.2, 0.25) is 0 Å². The minimum Gasteiger partial charge on any atom is -0.437 e. The van der Waals surface area contributed by atoms with Crippen LogP contribution in [0.1, 0.15) is 17.0 Å². The lowest BCUT2D eigenvalue weighted by molar-refractivity contribution is 0.590. The molecule has 0 unspecified atom stereocenters. The molecule has 0 bridgehead atoms. The Morgan fingerprint density at radius 2 is 1.58 bits per heavy atom. The van der Waals surface area contributed by atoms with Gasteiger partial charge in [0.1, 0.15) is 5.52 Å². The highest BCUT2D eigenvalue weighted by atomic mass is 16.3. The van der Waals surface area contributed by atoms with Crippen molar-refractivity contribution in [3.8, 4) is 11.1 Å². The largest absolute Gasteiger partial charge is 0.437 e. The highest BCUT2D eigenvalue weighted by Crippen LogP contribution is 2.25. The molecule has 1 aromatic heterocycles. The van der Waals surface area contributed by atoms with Gasteiger partial charge in [-0.25, -0.2) is 4.98 Å². The summed E-state index contributed by atoms with van der Waals surface area (Å²) in [5.74, 6) is 0.621. The highest BCUT2D eigenvalue weighted by molar-refractivity contribution is 5.82. The predicted molar refractivity (Wildman–Crippen MR) is 99.6 cm³/mol. The lowest BCUT2D eigenvalue weighted by Crippen LogP contribution is -1.77. The minimum absolute atomic E-state index is 0.621. The summed E-state index contributed by atoms with van der Waals surface area (Å²) in [6, 6.07) is 24.8. The number of oxazole rings is 1. The maximum Gasteiger partial charge on any atom is 0.220 e. The van der Waals surface area contributed by atoms with Crippen LogP contribution in [-0.2, 0) is 0 Å². The van der Waals surface area contributed by atoms with Gasteiger partial charge in [-0.3, -0.25) is 0 Å². The van der Waals surface area contributed by atoms with E-state index in [1.54, 1.807) is 0 Å². The molecule has 2 nitrogen and oxygen atoms in total. The number of benzene rings is 3. The maximum atomic E-state index is 5.81. The van der Waals surface area contributed by atoms with Gasteiger partial charge in [-0.1, -0.05) is 66.2 Å². The fourth-order valence-electron chi connectivity index (χ4n) is 2.67. The van der Waals surface area contributed by atoms with Crippen LogP contribution in [0, 0.1) is 6.92 Å². The first-order valence-electron chi connectivity index (χ1n) is 7.99. The molecule has 4 aromatic rings. The molecule has 1 heterocycles. The van der Waals surface area contributed by atoms with Crippen molar-refractivity contribution < 1.29 is 4.42 Å². The Labute approximate surface area is 141 Å². The number of aryl methyl sites for hydroxylation is 1. The normalized spacial score (nSPS) is 11.4. The topological polar surface area (TPSA) is 26.0 Å². The van der Waals surface area contributed by atoms with E-state index in [1.807, 2.05) is 36.4 Å². The van der Waals surface area contributed by atoms with Crippen LogP contribution in [0.3, 0.4) is 0 Å². The van der Waals surface area contributed by atoms with Gasteiger partial charge in [0.15, 0.2) is 5.58 Å². The van der Waals surface area contributed by atoms with Crippen molar-refractivity contribution in [2.24, 2.45) is 0 Å². The lowest BCUT2D eigenvalue weighted by atomic mass is 10.1. The van der Waals surface area contributed by atoms with Crippen molar-refractivity contribution in [3.63, 3.8) is 0 Å². The zero-order chi connectivity index (χ0) is 16.4. The van der Waals surface area contributed by atoms with Crippen molar-refractivity contribution in [3.05, 3.63) is 89.8 Å². The van der Waals surface area contributed by atoms with Gasteiger partial charge in [0, 0.05) is 6.08 Å². The number of hydrogen-bond donors (Lipinski definition) is 0. The van der Waals surface area contributed by atoms with Crippen LogP contribution in [0.5, 0.6) is 0 Å². The quantitative estimate of drug-likeness (QED) is 0.465. The van der Waals surface area contributed by atoms with E-state index < -0.39 is 0 Å². The summed E-state index contributed by atoms with van der Waals surface area (Å²) >= 11 is 0. The van der Waals surface area contributed by atoms with E-state index >= 15 is 0 Å². The molecule has 0 saturated heterocycles. The van der Waals surface area contributed by atoms with Crippen molar-refractivity contribution in [1.29, 1.82) is 0 Å². The minimum atomic E-state index is 0.621. The molecule has 4 rings (SSSR count). The first-order chi connectivity index (χ1) is 11.8. The van der Waals surface area contributed by atoms with Gasteiger partial charge in [-0.15, -0.1) is 0 Å². The van der Waals surface area contributed by atoms with E-state index in [1.165, 1.54) is 11.1 Å². The SMILES string of the molecule is Cc1ccc(C=Cc2nc3cc(-c4ccccc4)ccc3o2)cc1. The zero-order valence-corrected chi connectivity index (χ0v) is 13.4. The van der Waals surface area contributed by atoms with Crippen LogP contribution < -0.4 is 0 Å². The third-order valence-corrected chi connectivity index (χ3v) is 4.01. The highest BCUT2D eigenvalue weighted by Gasteiger charge is 2.05. The van der Waals surface area contributed by atoms with Gasteiger partial charge < -0.3 is 4.42 Å². The Hall–Kier alpha value is -3.13. The van der Waals surface area contributed by atoms with E-state index in [0.29, 0.717) is 5.89 Å². The Bertz CT molecular complexity index is 995. The van der Waals surface area contributed by atoms with Crippen LogP contribution in [0.15, 0.2) is 77.2 Å². The fraction of sp³-hybridized carbons (Fsp3) is 0.0455. The molecule has 0 amide bonds. The fourth-order valence-corrected chi connectivity index (χ4v) is 2.67. The molecule has 0 radical (unpaired) electrons. The molecular weight excluding hydrogens is 294 g/mol. The summed E-state index contributed by atoms with van der Waals surface area (Å²) in [6.45, 7) is 2.08. The Morgan fingerprint density at radius 1 is 0.792 bits per heavy atom. The number of fused-ring (bicyclic) bond motifs is 1. The van der Waals surface area contributed by atoms with E-state index in [2.05, 4.69) is 60.4 Å². The molecule has 0 spiro atoms. The Balaban J connectivity index is 1.64. The molecular formula is C22H17NO. The van der Waals surface area contributed by atoms with Crippen molar-refractivity contribution in [2.45, 2.75) is 6.92 Å². The molecule has 0 aliphatic rings. The second-order valence-corrected chi connectivity index (χ2v) is 5.84. The number of nitrogens with zero attached hydrogens (tertiary/aromatic N) is 1. The summed E-state index contributed by atoms with van der Waals surface area (Å²) in [7, 11) is 0. The van der Waals surface area contributed by atoms with Gasteiger partial charge in [0.25, 0.3) is 0 Å². The van der Waals surface area contributed by atoms with Crippen LogP contribution in [0.4, 0.5) is 0 Å². The number of rotatable bonds is 3. The average molecular weight is 311 g/mol. The average Bonchev–Trinajstić information content (AvgIpc) is 3.04. The molecule has 2 heteroatoms. The van der Waals surface area contributed by atoms with Crippen molar-refractivity contribution >= 4 is 23.3 Å². The summed E-state index contributed by atoms with van der Waals surface area (Å²) in [5, 5.41) is 0. The van der Waals surface area contributed by atoms with Crippen molar-refractivity contribution in [1.82, 2.24) is 4.98 Å². The first-order valence-corrected chi connectivity index (χ1v) is 7.99. The smallest absolute Gasteiger partial charge is 0.220 e. The van der Waals surface area contributed by atoms with Gasteiger partial charge in [-0.05, 0) is 41.8 Å². The summed E-state index contributed by atoms with van der Waals surface area (Å²) in [4.78, 5) is 4.58. The summed E-state index contributed by atoms with van der Waals surface area (Å²) in [5.41, 5.74) is 6.39. The van der Waals surface area contributed by atoms with E-state index in [-0.39, 0.29) is 0 Å². The number of hydrogen-bond acceptors (Lipinski definition) is 2. The van der Waals surface area contributed by atoms with Crippen LogP contribution in [-0.4, -0.2) is 4.98 Å². The maximum absolute atomic E-state index is 5.81. The molecule has 0 aliphatic heterocycles. The lowest BCUT2D eigenvalue weighted by Gasteiger charge is -1.99. The molecule has 3 aromatic carbocycles. The zero-order valence-electron chi connectivity index (χ0n) is 13.4. The Morgan fingerprint density at radius 3 is 2.38 bits per heavy atom. The molecule has 0 aliphatic carbocycles. The molecule has 24 heavy (non-hydrogen) atoms.